The summed E-state index contributed by atoms with van der Waals surface area (Å²) in [4.78, 5) is 23.3. The summed E-state index contributed by atoms with van der Waals surface area (Å²) in [6.45, 7) is -0.643. The van der Waals surface area contributed by atoms with Crippen molar-refractivity contribution >= 4 is 40.8 Å². The maximum atomic E-state index is 13.5. The minimum Gasteiger partial charge on any atom is -0.452 e. The molecule has 2 rings (SSSR count). The van der Waals surface area contributed by atoms with Gasteiger partial charge in [-0.2, -0.15) is 0 Å². The summed E-state index contributed by atoms with van der Waals surface area (Å²) in [6, 6.07) is 6.95. The molecule has 0 saturated carbocycles. The third kappa shape index (κ3) is 4.64. The molecule has 0 saturated heterocycles. The van der Waals surface area contributed by atoms with Gasteiger partial charge < -0.3 is 10.1 Å². The van der Waals surface area contributed by atoms with E-state index in [4.69, 9.17) is 27.9 Å². The van der Waals surface area contributed by atoms with Crippen LogP contribution in [0.5, 0.6) is 0 Å². The van der Waals surface area contributed by atoms with E-state index in [1.165, 1.54) is 18.2 Å². The molecule has 0 heterocycles. The van der Waals surface area contributed by atoms with Crippen LogP contribution in [0.1, 0.15) is 10.4 Å². The van der Waals surface area contributed by atoms with Crippen LogP contribution in [0.3, 0.4) is 0 Å². The van der Waals surface area contributed by atoms with Crippen LogP contribution >= 0.6 is 23.2 Å². The highest BCUT2D eigenvalue weighted by Crippen LogP contribution is 2.19. The predicted molar refractivity (Wildman–Crippen MR) is 81.7 cm³/mol. The van der Waals surface area contributed by atoms with Gasteiger partial charge in [0.25, 0.3) is 5.91 Å². The van der Waals surface area contributed by atoms with Crippen LogP contribution in [0.25, 0.3) is 0 Å². The fraction of sp³-hybridized carbons (Fsp3) is 0.0667. The molecule has 4 nitrogen and oxygen atoms in total. The van der Waals surface area contributed by atoms with E-state index in [1.807, 2.05) is 0 Å². The molecule has 0 aliphatic carbocycles. The van der Waals surface area contributed by atoms with Crippen molar-refractivity contribution in [3.05, 3.63) is 63.6 Å². The highest BCUT2D eigenvalue weighted by Gasteiger charge is 2.13. The van der Waals surface area contributed by atoms with Gasteiger partial charge in [-0.1, -0.05) is 23.2 Å². The van der Waals surface area contributed by atoms with Gasteiger partial charge in [-0.15, -0.1) is 0 Å². The molecule has 0 fully saturated rings. The zero-order chi connectivity index (χ0) is 17.0. The number of carbonyl (C=O) groups excluding carboxylic acids is 2. The molecular weight excluding hydrogens is 351 g/mol. The summed E-state index contributed by atoms with van der Waals surface area (Å²) in [7, 11) is 0. The first-order valence-electron chi connectivity index (χ1n) is 6.24. The molecule has 0 spiro atoms. The van der Waals surface area contributed by atoms with Crippen molar-refractivity contribution in [2.45, 2.75) is 0 Å². The molecule has 120 valence electrons. The van der Waals surface area contributed by atoms with Crippen LogP contribution < -0.4 is 5.32 Å². The number of hydrogen-bond acceptors (Lipinski definition) is 3. The molecule has 8 heteroatoms. The first-order chi connectivity index (χ1) is 10.9. The Balaban J connectivity index is 1.93. The quantitative estimate of drug-likeness (QED) is 0.837. The lowest BCUT2D eigenvalue weighted by Gasteiger charge is -2.08. The zero-order valence-electron chi connectivity index (χ0n) is 11.4. The van der Waals surface area contributed by atoms with Gasteiger partial charge in [-0.3, -0.25) is 4.79 Å². The molecule has 0 aliphatic heterocycles. The molecule has 2 aromatic carbocycles. The van der Waals surface area contributed by atoms with Crippen molar-refractivity contribution in [1.82, 2.24) is 0 Å². The Kier molecular flexibility index (Phi) is 5.52. The van der Waals surface area contributed by atoms with Crippen molar-refractivity contribution in [3.8, 4) is 0 Å². The molecule has 1 amide bonds. The Morgan fingerprint density at radius 2 is 1.78 bits per heavy atom. The Morgan fingerprint density at radius 1 is 1.04 bits per heavy atom. The van der Waals surface area contributed by atoms with Crippen LogP contribution in [-0.4, -0.2) is 18.5 Å². The first-order valence-corrected chi connectivity index (χ1v) is 6.99. The summed E-state index contributed by atoms with van der Waals surface area (Å²) < 4.78 is 31.2. The Morgan fingerprint density at radius 3 is 2.43 bits per heavy atom. The molecule has 0 unspecified atom stereocenters. The highest BCUT2D eigenvalue weighted by atomic mass is 35.5. The smallest absolute Gasteiger partial charge is 0.338 e. The fourth-order valence-corrected chi connectivity index (χ4v) is 1.95. The van der Waals surface area contributed by atoms with Gasteiger partial charge in [-0.05, 0) is 36.4 Å². The molecule has 0 radical (unpaired) electrons. The van der Waals surface area contributed by atoms with Crippen molar-refractivity contribution in [2.75, 3.05) is 11.9 Å². The summed E-state index contributed by atoms with van der Waals surface area (Å²) in [5.74, 6) is -3.01. The summed E-state index contributed by atoms with van der Waals surface area (Å²) in [5, 5.41) is 2.17. The normalized spacial score (nSPS) is 10.3. The Labute approximate surface area is 140 Å². The minimum absolute atomic E-state index is 0.0122. The molecule has 0 aliphatic rings. The lowest BCUT2D eigenvalue weighted by Crippen LogP contribution is -2.21. The second-order valence-corrected chi connectivity index (χ2v) is 5.22. The molecule has 23 heavy (non-hydrogen) atoms. The molecular formula is C15H9Cl2F2NO3. The Bertz CT molecular complexity index is 768. The van der Waals surface area contributed by atoms with E-state index in [9.17, 15) is 18.4 Å². The van der Waals surface area contributed by atoms with Gasteiger partial charge in [0.05, 0.1) is 16.3 Å². The van der Waals surface area contributed by atoms with Gasteiger partial charge in [0.15, 0.2) is 6.61 Å². The van der Waals surface area contributed by atoms with E-state index in [0.717, 1.165) is 18.2 Å². The second kappa shape index (κ2) is 7.39. The number of rotatable bonds is 4. The molecule has 2 aromatic rings. The third-order valence-corrected chi connectivity index (χ3v) is 3.22. The van der Waals surface area contributed by atoms with E-state index in [-0.39, 0.29) is 21.3 Å². The van der Waals surface area contributed by atoms with Gasteiger partial charge >= 0.3 is 5.97 Å². The van der Waals surface area contributed by atoms with Gasteiger partial charge in [0.1, 0.15) is 11.6 Å². The number of esters is 1. The topological polar surface area (TPSA) is 55.4 Å². The number of carbonyl (C=O) groups is 2. The number of benzene rings is 2. The largest absolute Gasteiger partial charge is 0.452 e. The minimum atomic E-state index is -0.862. The Hall–Kier alpha value is -2.18. The van der Waals surface area contributed by atoms with Crippen molar-refractivity contribution in [1.29, 1.82) is 0 Å². The van der Waals surface area contributed by atoms with E-state index in [2.05, 4.69) is 5.32 Å². The standard InChI is InChI=1S/C15H9Cl2F2NO3/c16-9-2-4-13(12(19)6-9)20-14(21)7-23-15(22)8-1-3-11(18)10(17)5-8/h1-6H,7H2,(H,20,21). The van der Waals surface area contributed by atoms with E-state index < -0.39 is 30.1 Å². The number of anilines is 1. The highest BCUT2D eigenvalue weighted by molar-refractivity contribution is 6.31. The number of halogens is 4. The fourth-order valence-electron chi connectivity index (χ4n) is 1.61. The van der Waals surface area contributed by atoms with E-state index in [1.54, 1.807) is 0 Å². The lowest BCUT2D eigenvalue weighted by atomic mass is 10.2. The number of ether oxygens (including phenoxy) is 1. The van der Waals surface area contributed by atoms with E-state index >= 15 is 0 Å². The molecule has 0 atom stereocenters. The van der Waals surface area contributed by atoms with E-state index in [0.29, 0.717) is 0 Å². The average molecular weight is 360 g/mol. The number of amides is 1. The summed E-state index contributed by atoms with van der Waals surface area (Å²) in [6.07, 6.45) is 0. The molecule has 0 aromatic heterocycles. The van der Waals surface area contributed by atoms with Crippen molar-refractivity contribution < 1.29 is 23.1 Å². The lowest BCUT2D eigenvalue weighted by molar-refractivity contribution is -0.119. The van der Waals surface area contributed by atoms with Crippen LogP contribution in [0, 0.1) is 11.6 Å². The van der Waals surface area contributed by atoms with Crippen molar-refractivity contribution in [2.24, 2.45) is 0 Å². The maximum Gasteiger partial charge on any atom is 0.338 e. The average Bonchev–Trinajstić information content (AvgIpc) is 2.50. The molecule has 0 bridgehead atoms. The van der Waals surface area contributed by atoms with Crippen LogP contribution in [0.2, 0.25) is 10.0 Å². The monoisotopic (exact) mass is 359 g/mol. The van der Waals surface area contributed by atoms with Crippen LogP contribution in [0.4, 0.5) is 14.5 Å². The van der Waals surface area contributed by atoms with Gasteiger partial charge in [-0.25, -0.2) is 13.6 Å². The summed E-state index contributed by atoms with van der Waals surface area (Å²) >= 11 is 11.1. The number of nitrogens with one attached hydrogen (secondary N) is 1. The predicted octanol–water partition coefficient (Wildman–Crippen LogP) is 4.07. The maximum absolute atomic E-state index is 13.5. The van der Waals surface area contributed by atoms with Crippen LogP contribution in [0.15, 0.2) is 36.4 Å². The van der Waals surface area contributed by atoms with Crippen LogP contribution in [-0.2, 0) is 9.53 Å². The van der Waals surface area contributed by atoms with Gasteiger partial charge in [0.2, 0.25) is 0 Å². The molecule has 1 N–H and O–H groups in total. The zero-order valence-corrected chi connectivity index (χ0v) is 12.9. The number of hydrogen-bond donors (Lipinski definition) is 1. The van der Waals surface area contributed by atoms with Crippen molar-refractivity contribution in [3.63, 3.8) is 0 Å². The first kappa shape index (κ1) is 17.2. The summed E-state index contributed by atoms with van der Waals surface area (Å²) in [5.41, 5.74) is -0.109. The SMILES string of the molecule is O=C(COC(=O)c1ccc(F)c(Cl)c1)Nc1ccc(Cl)cc1F. The van der Waals surface area contributed by atoms with Gasteiger partial charge in [0, 0.05) is 5.02 Å². The third-order valence-electron chi connectivity index (χ3n) is 2.69. The second-order valence-electron chi connectivity index (χ2n) is 4.38.